The lowest BCUT2D eigenvalue weighted by Crippen LogP contribution is -2.51. The Hall–Kier alpha value is -1.92. The number of piperazine rings is 1. The molecule has 156 valence electrons. The summed E-state index contributed by atoms with van der Waals surface area (Å²) in [4.78, 5) is 33.8. The van der Waals surface area contributed by atoms with Gasteiger partial charge in [0.2, 0.25) is 5.91 Å². The smallest absolute Gasteiger partial charge is 0.319 e. The summed E-state index contributed by atoms with van der Waals surface area (Å²) >= 11 is 3.84. The number of thiazole rings is 1. The Kier molecular flexibility index (Phi) is 7.67. The Bertz CT molecular complexity index is 916. The average Bonchev–Trinajstić information content (AvgIpc) is 3.08. The lowest BCUT2D eigenvalue weighted by atomic mass is 10.3. The van der Waals surface area contributed by atoms with E-state index >= 15 is 0 Å². The van der Waals surface area contributed by atoms with Gasteiger partial charge in [0.25, 0.3) is 0 Å². The van der Waals surface area contributed by atoms with E-state index in [1.54, 1.807) is 18.4 Å². The molecular formula is C19H25IN6O2S. The predicted octanol–water partition coefficient (Wildman–Crippen LogP) is 1.69. The van der Waals surface area contributed by atoms with Crippen LogP contribution in [0.2, 0.25) is 0 Å². The summed E-state index contributed by atoms with van der Waals surface area (Å²) in [5.74, 6) is -0.0597. The van der Waals surface area contributed by atoms with Crippen LogP contribution < -0.4 is 15.4 Å². The monoisotopic (exact) mass is 528 g/mol. The molecule has 8 nitrogen and oxygen atoms in total. The highest BCUT2D eigenvalue weighted by atomic mass is 127. The highest BCUT2D eigenvalue weighted by molar-refractivity contribution is 14.1. The first kappa shape index (κ1) is 21.8. The molecule has 0 saturated carbocycles. The van der Waals surface area contributed by atoms with Crippen molar-refractivity contribution in [3.8, 4) is 0 Å². The number of anilines is 1. The van der Waals surface area contributed by atoms with Gasteiger partial charge in [0.05, 0.1) is 6.54 Å². The van der Waals surface area contributed by atoms with E-state index in [0.29, 0.717) is 18.8 Å². The minimum atomic E-state index is -0.375. The second-order valence-electron chi connectivity index (χ2n) is 6.76. The summed E-state index contributed by atoms with van der Waals surface area (Å²) in [5, 5.41) is 7.51. The van der Waals surface area contributed by atoms with Crippen molar-refractivity contribution < 1.29 is 9.59 Å². The van der Waals surface area contributed by atoms with Crippen LogP contribution in [0.3, 0.4) is 0 Å². The zero-order valence-corrected chi connectivity index (χ0v) is 19.5. The zero-order valence-electron chi connectivity index (χ0n) is 16.5. The molecule has 0 unspecified atom stereocenters. The quantitative estimate of drug-likeness (QED) is 0.580. The van der Waals surface area contributed by atoms with Crippen molar-refractivity contribution in [1.29, 1.82) is 0 Å². The van der Waals surface area contributed by atoms with Crippen LogP contribution in [-0.4, -0.2) is 66.1 Å². The van der Waals surface area contributed by atoms with E-state index < -0.39 is 0 Å². The summed E-state index contributed by atoms with van der Waals surface area (Å²) in [6.07, 6.45) is 0. The number of benzene rings is 1. The summed E-state index contributed by atoms with van der Waals surface area (Å²) in [5.41, 5.74) is 1.92. The van der Waals surface area contributed by atoms with Gasteiger partial charge in [-0.1, -0.05) is 0 Å². The molecule has 2 aromatic rings. The van der Waals surface area contributed by atoms with Crippen LogP contribution in [-0.2, 0) is 18.4 Å². The van der Waals surface area contributed by atoms with Gasteiger partial charge in [0.1, 0.15) is 0 Å². The molecule has 1 aromatic carbocycles. The maximum Gasteiger partial charge on any atom is 0.319 e. The standard InChI is InChI=1S/C19H25IN6O2S/c1-21-19-24(2)16(13-29-19)12-25-7-9-26(10-8-25)17(27)11-22-18(28)23-15-5-3-14(20)4-6-15/h3-6,13H,7-12H2,1-2H3,(H2,22,23,28). The van der Waals surface area contributed by atoms with E-state index in [4.69, 9.17) is 0 Å². The van der Waals surface area contributed by atoms with E-state index in [0.717, 1.165) is 28.0 Å². The van der Waals surface area contributed by atoms with E-state index in [-0.39, 0.29) is 18.5 Å². The first-order chi connectivity index (χ1) is 14.0. The Morgan fingerprint density at radius 1 is 1.17 bits per heavy atom. The molecule has 1 aromatic heterocycles. The van der Waals surface area contributed by atoms with Crippen LogP contribution in [0.25, 0.3) is 0 Å². The number of urea groups is 1. The van der Waals surface area contributed by atoms with Crippen LogP contribution in [0.4, 0.5) is 10.5 Å². The zero-order chi connectivity index (χ0) is 20.8. The normalized spacial score (nSPS) is 15.4. The van der Waals surface area contributed by atoms with Gasteiger partial charge in [0, 0.05) is 67.2 Å². The fraction of sp³-hybridized carbons (Fsp3) is 0.421. The number of amides is 3. The average molecular weight is 528 g/mol. The summed E-state index contributed by atoms with van der Waals surface area (Å²) in [7, 11) is 3.83. The van der Waals surface area contributed by atoms with E-state index in [1.165, 1.54) is 5.69 Å². The molecule has 0 aliphatic carbocycles. The molecule has 29 heavy (non-hydrogen) atoms. The number of rotatable bonds is 5. The number of carbonyl (C=O) groups excluding carboxylic acids is 2. The van der Waals surface area contributed by atoms with Crippen molar-refractivity contribution in [2.45, 2.75) is 6.54 Å². The van der Waals surface area contributed by atoms with Gasteiger partial charge in [-0.25, -0.2) is 4.79 Å². The number of nitrogens with zero attached hydrogens (tertiary/aromatic N) is 4. The van der Waals surface area contributed by atoms with Gasteiger partial charge >= 0.3 is 6.03 Å². The van der Waals surface area contributed by atoms with Gasteiger partial charge in [-0.15, -0.1) is 11.3 Å². The molecule has 3 rings (SSSR count). The number of carbonyl (C=O) groups is 2. The summed E-state index contributed by atoms with van der Waals surface area (Å²) < 4.78 is 3.20. The van der Waals surface area contributed by atoms with Crippen molar-refractivity contribution in [2.24, 2.45) is 12.0 Å². The van der Waals surface area contributed by atoms with Gasteiger partial charge < -0.3 is 20.1 Å². The number of hydrogen-bond donors (Lipinski definition) is 2. The van der Waals surface area contributed by atoms with Crippen molar-refractivity contribution >= 4 is 51.6 Å². The van der Waals surface area contributed by atoms with Crippen LogP contribution in [0.5, 0.6) is 0 Å². The molecule has 0 radical (unpaired) electrons. The molecule has 0 spiro atoms. The van der Waals surface area contributed by atoms with Crippen LogP contribution >= 0.6 is 33.9 Å². The second kappa shape index (κ2) is 10.2. The Labute approximate surface area is 187 Å². The molecule has 0 bridgehead atoms. The van der Waals surface area contributed by atoms with Crippen LogP contribution in [0.1, 0.15) is 5.69 Å². The Morgan fingerprint density at radius 2 is 1.86 bits per heavy atom. The Morgan fingerprint density at radius 3 is 2.48 bits per heavy atom. The molecular weight excluding hydrogens is 503 g/mol. The van der Waals surface area contributed by atoms with Crippen molar-refractivity contribution in [3.05, 3.63) is 43.7 Å². The van der Waals surface area contributed by atoms with E-state index in [9.17, 15) is 9.59 Å². The van der Waals surface area contributed by atoms with Gasteiger partial charge in [-0.2, -0.15) is 0 Å². The summed E-state index contributed by atoms with van der Waals surface area (Å²) in [6, 6.07) is 7.10. The molecule has 1 aliphatic rings. The maximum atomic E-state index is 12.4. The van der Waals surface area contributed by atoms with Crippen molar-refractivity contribution in [3.63, 3.8) is 0 Å². The molecule has 3 amide bonds. The molecule has 10 heteroatoms. The number of nitrogens with one attached hydrogen (secondary N) is 2. The highest BCUT2D eigenvalue weighted by Gasteiger charge is 2.22. The lowest BCUT2D eigenvalue weighted by Gasteiger charge is -2.34. The van der Waals surface area contributed by atoms with Crippen LogP contribution in [0, 0.1) is 3.57 Å². The SMILES string of the molecule is CN=c1scc(CN2CCN(C(=O)CNC(=O)Nc3ccc(I)cc3)CC2)n1C. The predicted molar refractivity (Wildman–Crippen MR) is 123 cm³/mol. The lowest BCUT2D eigenvalue weighted by molar-refractivity contribution is -0.131. The molecule has 0 atom stereocenters. The largest absolute Gasteiger partial charge is 0.339 e. The third-order valence-corrected chi connectivity index (χ3v) is 6.60. The molecule has 1 fully saturated rings. The number of hydrogen-bond acceptors (Lipinski definition) is 5. The molecule has 1 saturated heterocycles. The highest BCUT2D eigenvalue weighted by Crippen LogP contribution is 2.11. The van der Waals surface area contributed by atoms with Gasteiger partial charge in [0.15, 0.2) is 4.80 Å². The third kappa shape index (κ3) is 6.03. The number of halogens is 1. The van der Waals surface area contributed by atoms with Crippen molar-refractivity contribution in [2.75, 3.05) is 45.1 Å². The Balaban J connectivity index is 1.40. The van der Waals surface area contributed by atoms with Crippen molar-refractivity contribution in [1.82, 2.24) is 19.7 Å². The third-order valence-electron chi connectivity index (χ3n) is 4.82. The number of aromatic nitrogens is 1. The van der Waals surface area contributed by atoms with E-state index in [2.05, 4.69) is 53.1 Å². The topological polar surface area (TPSA) is 82.0 Å². The van der Waals surface area contributed by atoms with E-state index in [1.807, 2.05) is 36.2 Å². The minimum Gasteiger partial charge on any atom is -0.339 e. The first-order valence-electron chi connectivity index (χ1n) is 9.33. The maximum absolute atomic E-state index is 12.4. The fourth-order valence-corrected chi connectivity index (χ4v) is 4.32. The second-order valence-corrected chi connectivity index (χ2v) is 8.85. The molecule has 2 N–H and O–H groups in total. The summed E-state index contributed by atoms with van der Waals surface area (Å²) in [6.45, 7) is 3.80. The van der Waals surface area contributed by atoms with Gasteiger partial charge in [-0.3, -0.25) is 14.7 Å². The molecule has 1 aliphatic heterocycles. The minimum absolute atomic E-state index is 0.00292. The van der Waals surface area contributed by atoms with Crippen LogP contribution in [0.15, 0.2) is 34.6 Å². The van der Waals surface area contributed by atoms with Gasteiger partial charge in [-0.05, 0) is 46.9 Å². The first-order valence-corrected chi connectivity index (χ1v) is 11.3. The molecule has 2 heterocycles. The fourth-order valence-electron chi connectivity index (χ4n) is 3.11.